The van der Waals surface area contributed by atoms with Crippen molar-refractivity contribution in [3.8, 4) is 0 Å². The summed E-state index contributed by atoms with van der Waals surface area (Å²) < 4.78 is 19.3. The summed E-state index contributed by atoms with van der Waals surface area (Å²) in [6.45, 7) is 0.257. The Balaban J connectivity index is 0.00000312. The van der Waals surface area contributed by atoms with Gasteiger partial charge in [0.2, 0.25) is 5.91 Å². The van der Waals surface area contributed by atoms with Crippen molar-refractivity contribution in [1.82, 2.24) is 5.32 Å². The molecule has 2 rings (SSSR count). The van der Waals surface area contributed by atoms with Gasteiger partial charge in [0, 0.05) is 19.2 Å². The Labute approximate surface area is 154 Å². The summed E-state index contributed by atoms with van der Waals surface area (Å²) >= 11 is 0. The minimum atomic E-state index is -0.448. The van der Waals surface area contributed by atoms with Crippen molar-refractivity contribution >= 4 is 18.3 Å². The molecule has 0 aliphatic carbocycles. The standard InChI is InChI=1S/C19H23FN2O2.ClH/c1-24-15(13-21)12-19(23)22-18(11-14-7-3-2-4-8-14)16-9-5-6-10-17(16)20;/h2-10,15,18H,11-13,21H2,1H3,(H,22,23);1H. The van der Waals surface area contributed by atoms with E-state index in [1.165, 1.54) is 13.2 Å². The first-order valence-electron chi connectivity index (χ1n) is 7.94. The molecule has 0 saturated carbocycles. The van der Waals surface area contributed by atoms with Crippen LogP contribution in [-0.4, -0.2) is 25.7 Å². The van der Waals surface area contributed by atoms with Crippen molar-refractivity contribution in [1.29, 1.82) is 0 Å². The molecule has 0 bridgehead atoms. The van der Waals surface area contributed by atoms with Gasteiger partial charge >= 0.3 is 0 Å². The maximum absolute atomic E-state index is 14.2. The fourth-order valence-corrected chi connectivity index (χ4v) is 2.57. The molecular formula is C19H24ClFN2O2. The first kappa shape index (κ1) is 21.1. The number of carbonyl (C=O) groups is 1. The third-order valence-corrected chi connectivity index (χ3v) is 3.91. The molecule has 1 amide bonds. The number of nitrogens with one attached hydrogen (secondary N) is 1. The zero-order valence-corrected chi connectivity index (χ0v) is 15.0. The van der Waals surface area contributed by atoms with Crippen LogP contribution in [0.2, 0.25) is 0 Å². The van der Waals surface area contributed by atoms with Gasteiger partial charge in [0.1, 0.15) is 5.82 Å². The van der Waals surface area contributed by atoms with E-state index < -0.39 is 6.04 Å². The molecule has 2 unspecified atom stereocenters. The van der Waals surface area contributed by atoms with Crippen LogP contribution in [0.15, 0.2) is 54.6 Å². The first-order valence-corrected chi connectivity index (χ1v) is 7.94. The molecule has 0 aliphatic rings. The van der Waals surface area contributed by atoms with Crippen LogP contribution in [-0.2, 0) is 16.0 Å². The van der Waals surface area contributed by atoms with Gasteiger partial charge in [-0.3, -0.25) is 4.79 Å². The smallest absolute Gasteiger partial charge is 0.223 e. The predicted octanol–water partition coefficient (Wildman–Crippen LogP) is 3.01. The Bertz CT molecular complexity index is 651. The largest absolute Gasteiger partial charge is 0.380 e. The number of carbonyl (C=O) groups excluding carboxylic acids is 1. The lowest BCUT2D eigenvalue weighted by Gasteiger charge is -2.21. The van der Waals surface area contributed by atoms with Crippen LogP contribution < -0.4 is 11.1 Å². The van der Waals surface area contributed by atoms with Crippen LogP contribution in [0, 0.1) is 5.82 Å². The molecule has 25 heavy (non-hydrogen) atoms. The molecule has 6 heteroatoms. The minimum Gasteiger partial charge on any atom is -0.380 e. The van der Waals surface area contributed by atoms with E-state index in [-0.39, 0.29) is 43.2 Å². The quantitative estimate of drug-likeness (QED) is 0.754. The Hall–Kier alpha value is -1.95. The summed E-state index contributed by atoms with van der Waals surface area (Å²) in [5.41, 5.74) is 7.05. The van der Waals surface area contributed by atoms with Crippen molar-refractivity contribution < 1.29 is 13.9 Å². The van der Waals surface area contributed by atoms with E-state index in [0.29, 0.717) is 12.0 Å². The number of hydrogen-bond acceptors (Lipinski definition) is 3. The van der Waals surface area contributed by atoms with Crippen molar-refractivity contribution in [2.75, 3.05) is 13.7 Å². The van der Waals surface area contributed by atoms with E-state index in [2.05, 4.69) is 5.32 Å². The molecular weight excluding hydrogens is 343 g/mol. The highest BCUT2D eigenvalue weighted by atomic mass is 35.5. The van der Waals surface area contributed by atoms with Gasteiger partial charge in [-0.25, -0.2) is 4.39 Å². The average molecular weight is 367 g/mol. The molecule has 2 aromatic rings. The number of benzene rings is 2. The van der Waals surface area contributed by atoms with Crippen molar-refractivity contribution in [2.45, 2.75) is 25.0 Å². The molecule has 3 N–H and O–H groups in total. The van der Waals surface area contributed by atoms with Crippen molar-refractivity contribution in [3.63, 3.8) is 0 Å². The molecule has 0 saturated heterocycles. The Kier molecular flexibility index (Phi) is 9.13. The third-order valence-electron chi connectivity index (χ3n) is 3.91. The zero-order valence-electron chi connectivity index (χ0n) is 14.2. The fourth-order valence-electron chi connectivity index (χ4n) is 2.57. The maximum atomic E-state index is 14.2. The van der Waals surface area contributed by atoms with Crippen LogP contribution >= 0.6 is 12.4 Å². The molecule has 2 aromatic carbocycles. The number of ether oxygens (including phenoxy) is 1. The second kappa shape index (κ2) is 10.8. The van der Waals surface area contributed by atoms with E-state index in [9.17, 15) is 9.18 Å². The molecule has 4 nitrogen and oxygen atoms in total. The fraction of sp³-hybridized carbons (Fsp3) is 0.316. The van der Waals surface area contributed by atoms with E-state index >= 15 is 0 Å². The topological polar surface area (TPSA) is 64.3 Å². The van der Waals surface area contributed by atoms with Crippen molar-refractivity contribution in [3.05, 3.63) is 71.5 Å². The number of amides is 1. The molecule has 0 aromatic heterocycles. The molecule has 0 spiro atoms. The SMILES string of the molecule is COC(CN)CC(=O)NC(Cc1ccccc1)c1ccccc1F.Cl. The maximum Gasteiger partial charge on any atom is 0.223 e. The number of nitrogens with two attached hydrogens (primary N) is 1. The van der Waals surface area contributed by atoms with Gasteiger partial charge in [0.15, 0.2) is 0 Å². The number of methoxy groups -OCH3 is 1. The van der Waals surface area contributed by atoms with E-state index in [1.807, 2.05) is 30.3 Å². The van der Waals surface area contributed by atoms with Gasteiger partial charge < -0.3 is 15.8 Å². The minimum absolute atomic E-state index is 0. The van der Waals surface area contributed by atoms with Gasteiger partial charge in [-0.1, -0.05) is 48.5 Å². The predicted molar refractivity (Wildman–Crippen MR) is 99.1 cm³/mol. The van der Waals surface area contributed by atoms with Crippen LogP contribution in [0.1, 0.15) is 23.6 Å². The molecule has 0 fully saturated rings. The zero-order chi connectivity index (χ0) is 17.4. The molecule has 136 valence electrons. The van der Waals surface area contributed by atoms with Gasteiger partial charge in [-0.05, 0) is 18.1 Å². The van der Waals surface area contributed by atoms with Gasteiger partial charge in [0.05, 0.1) is 18.6 Å². The third kappa shape index (κ3) is 6.46. The molecule has 2 atom stereocenters. The first-order chi connectivity index (χ1) is 11.6. The highest BCUT2D eigenvalue weighted by Crippen LogP contribution is 2.21. The second-order valence-electron chi connectivity index (χ2n) is 5.63. The summed E-state index contributed by atoms with van der Waals surface area (Å²) in [4.78, 5) is 12.3. The van der Waals surface area contributed by atoms with Crippen LogP contribution in [0.25, 0.3) is 0 Å². The highest BCUT2D eigenvalue weighted by molar-refractivity contribution is 5.85. The van der Waals surface area contributed by atoms with Crippen LogP contribution in [0.5, 0.6) is 0 Å². The normalized spacial score (nSPS) is 12.8. The lowest BCUT2D eigenvalue weighted by molar-refractivity contribution is -0.124. The van der Waals surface area contributed by atoms with E-state index in [1.54, 1.807) is 18.2 Å². The average Bonchev–Trinajstić information content (AvgIpc) is 2.60. The van der Waals surface area contributed by atoms with Crippen LogP contribution in [0.3, 0.4) is 0 Å². The lowest BCUT2D eigenvalue weighted by Crippen LogP contribution is -2.35. The molecule has 0 radical (unpaired) electrons. The van der Waals surface area contributed by atoms with Crippen LogP contribution in [0.4, 0.5) is 4.39 Å². The summed E-state index contributed by atoms with van der Waals surface area (Å²) in [5.74, 6) is -0.544. The summed E-state index contributed by atoms with van der Waals surface area (Å²) in [7, 11) is 1.52. The number of halogens is 2. The lowest BCUT2D eigenvalue weighted by atomic mass is 9.98. The number of hydrogen-bond donors (Lipinski definition) is 2. The van der Waals surface area contributed by atoms with Crippen molar-refractivity contribution in [2.24, 2.45) is 5.73 Å². The van der Waals surface area contributed by atoms with Gasteiger partial charge in [-0.15, -0.1) is 12.4 Å². The van der Waals surface area contributed by atoms with E-state index in [4.69, 9.17) is 10.5 Å². The Morgan fingerprint density at radius 2 is 1.80 bits per heavy atom. The monoisotopic (exact) mass is 366 g/mol. The summed E-state index contributed by atoms with van der Waals surface area (Å²) in [6.07, 6.45) is 0.309. The van der Waals surface area contributed by atoms with E-state index in [0.717, 1.165) is 5.56 Å². The Morgan fingerprint density at radius 3 is 2.40 bits per heavy atom. The van der Waals surface area contributed by atoms with Gasteiger partial charge in [-0.2, -0.15) is 0 Å². The number of rotatable bonds is 8. The highest BCUT2D eigenvalue weighted by Gasteiger charge is 2.20. The molecule has 0 aliphatic heterocycles. The molecule has 0 heterocycles. The summed E-state index contributed by atoms with van der Waals surface area (Å²) in [6, 6.07) is 15.7. The Morgan fingerprint density at radius 1 is 1.16 bits per heavy atom. The summed E-state index contributed by atoms with van der Waals surface area (Å²) in [5, 5.41) is 2.91. The van der Waals surface area contributed by atoms with Gasteiger partial charge in [0.25, 0.3) is 0 Å². The second-order valence-corrected chi connectivity index (χ2v) is 5.63.